The predicted molar refractivity (Wildman–Crippen MR) is 88.3 cm³/mol. The van der Waals surface area contributed by atoms with Gasteiger partial charge in [0, 0.05) is 11.8 Å². The van der Waals surface area contributed by atoms with Crippen molar-refractivity contribution in [1.82, 2.24) is 19.9 Å². The molecule has 4 rings (SSSR count). The molecule has 1 amide bonds. The number of fused-ring (bicyclic) bond motifs is 1. The molecule has 7 heteroatoms. The van der Waals surface area contributed by atoms with E-state index in [-0.39, 0.29) is 18.3 Å². The molecule has 0 aliphatic rings. The third-order valence-electron chi connectivity index (χ3n) is 3.79. The molecule has 0 saturated carbocycles. The summed E-state index contributed by atoms with van der Waals surface area (Å²) in [5.74, 6) is 0.597. The average molecular weight is 336 g/mol. The molecule has 0 bridgehead atoms. The molecule has 0 atom stereocenters. The summed E-state index contributed by atoms with van der Waals surface area (Å²) in [6.45, 7) is 0.284. The minimum atomic E-state index is -0.324. The first-order valence-corrected chi connectivity index (χ1v) is 7.62. The number of carbonyl (C=O) groups is 1. The Kier molecular flexibility index (Phi) is 3.74. The highest BCUT2D eigenvalue weighted by molar-refractivity contribution is 5.99. The lowest BCUT2D eigenvalue weighted by Gasteiger charge is -2.05. The van der Waals surface area contributed by atoms with Crippen LogP contribution in [0.15, 0.2) is 65.4 Å². The average Bonchev–Trinajstić information content (AvgIpc) is 3.29. The number of hydrogen-bond donors (Lipinski definition) is 1. The Morgan fingerprint density at radius 2 is 1.96 bits per heavy atom. The summed E-state index contributed by atoms with van der Waals surface area (Å²) in [7, 11) is 0. The van der Waals surface area contributed by atoms with Gasteiger partial charge in [-0.05, 0) is 48.5 Å². The standard InChI is InChI=1S/C18H13FN4O2/c19-13-7-5-12(6-8-13)16-21-22-17-15(4-1-9-23(16)17)18(24)20-11-14-3-2-10-25-14/h1-10H,11H2,(H,20,24). The van der Waals surface area contributed by atoms with Gasteiger partial charge in [-0.3, -0.25) is 9.20 Å². The summed E-state index contributed by atoms with van der Waals surface area (Å²) in [6, 6.07) is 12.9. The molecule has 0 fully saturated rings. The van der Waals surface area contributed by atoms with Crippen LogP contribution in [0.2, 0.25) is 0 Å². The van der Waals surface area contributed by atoms with Crippen LogP contribution in [0, 0.1) is 5.82 Å². The number of pyridine rings is 1. The van der Waals surface area contributed by atoms with Crippen molar-refractivity contribution in [3.8, 4) is 11.4 Å². The Morgan fingerprint density at radius 3 is 2.72 bits per heavy atom. The molecule has 0 aliphatic heterocycles. The zero-order valence-corrected chi connectivity index (χ0v) is 13.0. The highest BCUT2D eigenvalue weighted by Crippen LogP contribution is 2.20. The van der Waals surface area contributed by atoms with Gasteiger partial charge in [-0.2, -0.15) is 0 Å². The Morgan fingerprint density at radius 1 is 1.12 bits per heavy atom. The minimum absolute atomic E-state index is 0.278. The maximum Gasteiger partial charge on any atom is 0.255 e. The first-order chi connectivity index (χ1) is 12.2. The molecule has 0 unspecified atom stereocenters. The fraction of sp³-hybridized carbons (Fsp3) is 0.0556. The maximum absolute atomic E-state index is 13.1. The second-order valence-electron chi connectivity index (χ2n) is 5.41. The second-order valence-corrected chi connectivity index (χ2v) is 5.41. The number of benzene rings is 1. The van der Waals surface area contributed by atoms with Gasteiger partial charge in [-0.15, -0.1) is 10.2 Å². The van der Waals surface area contributed by atoms with Gasteiger partial charge in [-0.1, -0.05) is 0 Å². The fourth-order valence-corrected chi connectivity index (χ4v) is 2.56. The van der Waals surface area contributed by atoms with Crippen molar-refractivity contribution in [2.75, 3.05) is 0 Å². The Hall–Kier alpha value is -3.48. The minimum Gasteiger partial charge on any atom is -0.467 e. The van der Waals surface area contributed by atoms with Crippen LogP contribution < -0.4 is 5.32 Å². The molecule has 1 aromatic carbocycles. The molecule has 25 heavy (non-hydrogen) atoms. The first kappa shape index (κ1) is 15.1. The molecule has 3 aromatic heterocycles. The van der Waals surface area contributed by atoms with Crippen molar-refractivity contribution in [2.24, 2.45) is 0 Å². The Bertz CT molecular complexity index is 1020. The lowest BCUT2D eigenvalue weighted by molar-refractivity contribution is 0.0949. The van der Waals surface area contributed by atoms with Gasteiger partial charge in [0.1, 0.15) is 11.6 Å². The van der Waals surface area contributed by atoms with E-state index < -0.39 is 0 Å². The highest BCUT2D eigenvalue weighted by atomic mass is 19.1. The number of furan rings is 1. The number of amides is 1. The highest BCUT2D eigenvalue weighted by Gasteiger charge is 2.16. The summed E-state index contributed by atoms with van der Waals surface area (Å²) in [4.78, 5) is 12.5. The quantitative estimate of drug-likeness (QED) is 0.622. The molecular formula is C18H13FN4O2. The van der Waals surface area contributed by atoms with Gasteiger partial charge in [-0.25, -0.2) is 4.39 Å². The van der Waals surface area contributed by atoms with Crippen LogP contribution in [-0.2, 0) is 6.54 Å². The second kappa shape index (κ2) is 6.20. The number of nitrogens with one attached hydrogen (secondary N) is 1. The van der Waals surface area contributed by atoms with Crippen molar-refractivity contribution in [1.29, 1.82) is 0 Å². The predicted octanol–water partition coefficient (Wildman–Crippen LogP) is 3.06. The molecule has 0 spiro atoms. The van der Waals surface area contributed by atoms with Crippen molar-refractivity contribution in [3.05, 3.63) is 78.1 Å². The van der Waals surface area contributed by atoms with E-state index >= 15 is 0 Å². The summed E-state index contributed by atoms with van der Waals surface area (Å²) in [5, 5.41) is 11.0. The molecular weight excluding hydrogens is 323 g/mol. The van der Waals surface area contributed by atoms with E-state index in [1.807, 2.05) is 0 Å². The monoisotopic (exact) mass is 336 g/mol. The molecule has 0 radical (unpaired) electrons. The number of nitrogens with zero attached hydrogens (tertiary/aromatic N) is 3. The van der Waals surface area contributed by atoms with Crippen LogP contribution in [0.3, 0.4) is 0 Å². The van der Waals surface area contributed by atoms with Crippen LogP contribution in [0.1, 0.15) is 16.1 Å². The molecule has 124 valence electrons. The number of halogens is 1. The number of hydrogen-bond acceptors (Lipinski definition) is 4. The van der Waals surface area contributed by atoms with Gasteiger partial charge < -0.3 is 9.73 Å². The Balaban J connectivity index is 1.66. The van der Waals surface area contributed by atoms with Gasteiger partial charge >= 0.3 is 0 Å². The van der Waals surface area contributed by atoms with E-state index in [2.05, 4.69) is 15.5 Å². The third kappa shape index (κ3) is 2.87. The van der Waals surface area contributed by atoms with E-state index in [4.69, 9.17) is 4.42 Å². The number of aromatic nitrogens is 3. The maximum atomic E-state index is 13.1. The summed E-state index contributed by atoms with van der Waals surface area (Å²) in [5.41, 5.74) is 1.54. The lowest BCUT2D eigenvalue weighted by atomic mass is 10.2. The number of rotatable bonds is 4. The molecule has 3 heterocycles. The zero-order valence-electron chi connectivity index (χ0n) is 13.0. The van der Waals surface area contributed by atoms with Crippen LogP contribution in [0.4, 0.5) is 4.39 Å². The topological polar surface area (TPSA) is 72.4 Å². The molecule has 6 nitrogen and oxygen atoms in total. The SMILES string of the molecule is O=C(NCc1ccco1)c1cccn2c(-c3ccc(F)cc3)nnc12. The smallest absolute Gasteiger partial charge is 0.255 e. The summed E-state index contributed by atoms with van der Waals surface area (Å²) < 4.78 is 20.0. The van der Waals surface area contributed by atoms with Crippen molar-refractivity contribution < 1.29 is 13.6 Å². The first-order valence-electron chi connectivity index (χ1n) is 7.62. The van der Waals surface area contributed by atoms with Gasteiger partial charge in [0.05, 0.1) is 18.4 Å². The van der Waals surface area contributed by atoms with Crippen LogP contribution in [-0.4, -0.2) is 20.5 Å². The Labute approximate surface area is 141 Å². The van der Waals surface area contributed by atoms with Crippen molar-refractivity contribution in [3.63, 3.8) is 0 Å². The van der Waals surface area contributed by atoms with Crippen molar-refractivity contribution >= 4 is 11.6 Å². The van der Waals surface area contributed by atoms with Crippen LogP contribution in [0.25, 0.3) is 17.0 Å². The normalized spacial score (nSPS) is 10.9. The van der Waals surface area contributed by atoms with E-state index in [0.29, 0.717) is 28.4 Å². The summed E-state index contributed by atoms with van der Waals surface area (Å²) in [6.07, 6.45) is 3.31. The lowest BCUT2D eigenvalue weighted by Crippen LogP contribution is -2.23. The number of carbonyl (C=O) groups excluding carboxylic acids is 1. The third-order valence-corrected chi connectivity index (χ3v) is 3.79. The molecule has 4 aromatic rings. The molecule has 0 aliphatic carbocycles. The zero-order chi connectivity index (χ0) is 17.2. The van der Waals surface area contributed by atoms with Crippen molar-refractivity contribution in [2.45, 2.75) is 6.54 Å². The van der Waals surface area contributed by atoms with Crippen LogP contribution in [0.5, 0.6) is 0 Å². The molecule has 0 saturated heterocycles. The van der Waals surface area contributed by atoms with Gasteiger partial charge in [0.15, 0.2) is 11.5 Å². The van der Waals surface area contributed by atoms with E-state index in [9.17, 15) is 9.18 Å². The molecule has 1 N–H and O–H groups in total. The van der Waals surface area contributed by atoms with E-state index in [0.717, 1.165) is 0 Å². The van der Waals surface area contributed by atoms with E-state index in [1.165, 1.54) is 12.1 Å². The fourth-order valence-electron chi connectivity index (χ4n) is 2.56. The largest absolute Gasteiger partial charge is 0.467 e. The summed E-state index contributed by atoms with van der Waals surface area (Å²) >= 11 is 0. The van der Waals surface area contributed by atoms with Crippen LogP contribution >= 0.6 is 0 Å². The van der Waals surface area contributed by atoms with Gasteiger partial charge in [0.25, 0.3) is 5.91 Å². The van der Waals surface area contributed by atoms with E-state index in [1.54, 1.807) is 53.3 Å². The van der Waals surface area contributed by atoms with Gasteiger partial charge in [0.2, 0.25) is 0 Å².